The van der Waals surface area contributed by atoms with Crippen LogP contribution in [0.1, 0.15) is 16.8 Å². The van der Waals surface area contributed by atoms with E-state index in [-0.39, 0.29) is 12.0 Å². The minimum Gasteiger partial charge on any atom is -0.481 e. The number of hydrogen-bond acceptors (Lipinski definition) is 4. The van der Waals surface area contributed by atoms with Gasteiger partial charge in [0.05, 0.1) is 12.0 Å². The highest BCUT2D eigenvalue weighted by molar-refractivity contribution is 8.76. The van der Waals surface area contributed by atoms with E-state index in [2.05, 4.69) is 0 Å². The topological polar surface area (TPSA) is 74.6 Å². The number of rotatable bonds is 6. The molecule has 0 atom stereocenters. The summed E-state index contributed by atoms with van der Waals surface area (Å²) < 4.78 is 0. The van der Waals surface area contributed by atoms with E-state index in [4.69, 9.17) is 10.2 Å². The molecule has 0 bridgehead atoms. The van der Waals surface area contributed by atoms with Crippen molar-refractivity contribution in [1.29, 1.82) is 0 Å². The van der Waals surface area contributed by atoms with Crippen molar-refractivity contribution in [2.24, 2.45) is 0 Å². The fraction of sp³-hybridized carbons (Fsp3) is 0.200. The minimum absolute atomic E-state index is 0.0763. The van der Waals surface area contributed by atoms with Crippen LogP contribution in [0.2, 0.25) is 0 Å². The van der Waals surface area contributed by atoms with Crippen molar-refractivity contribution in [2.45, 2.75) is 11.3 Å². The first kappa shape index (κ1) is 12.9. The first-order chi connectivity index (χ1) is 7.61. The summed E-state index contributed by atoms with van der Waals surface area (Å²) in [6, 6.07) is 6.66. The first-order valence-electron chi connectivity index (χ1n) is 4.45. The van der Waals surface area contributed by atoms with Crippen LogP contribution in [0, 0.1) is 0 Å². The number of hydrogen-bond donors (Lipinski definition) is 2. The quantitative estimate of drug-likeness (QED) is 0.603. The molecule has 0 saturated carbocycles. The zero-order chi connectivity index (χ0) is 12.0. The zero-order valence-corrected chi connectivity index (χ0v) is 9.88. The Morgan fingerprint density at radius 3 is 2.50 bits per heavy atom. The molecule has 0 aliphatic heterocycles. The van der Waals surface area contributed by atoms with Crippen molar-refractivity contribution in [3.63, 3.8) is 0 Å². The molecule has 0 aromatic heterocycles. The lowest BCUT2D eigenvalue weighted by Gasteiger charge is -2.03. The second-order valence-corrected chi connectivity index (χ2v) is 5.31. The zero-order valence-electron chi connectivity index (χ0n) is 8.25. The Hall–Kier alpha value is -1.14. The molecule has 16 heavy (non-hydrogen) atoms. The van der Waals surface area contributed by atoms with Crippen LogP contribution in [0.25, 0.3) is 0 Å². The fourth-order valence-corrected chi connectivity index (χ4v) is 3.11. The SMILES string of the molecule is O=C(O)CCSSc1ccccc1C(=O)O. The average Bonchev–Trinajstić information content (AvgIpc) is 2.24. The van der Waals surface area contributed by atoms with Gasteiger partial charge in [-0.25, -0.2) is 4.79 Å². The average molecular weight is 258 g/mol. The van der Waals surface area contributed by atoms with Crippen molar-refractivity contribution >= 4 is 33.5 Å². The normalized spacial score (nSPS) is 10.0. The molecule has 1 rings (SSSR count). The molecule has 2 N–H and O–H groups in total. The Balaban J connectivity index is 2.53. The summed E-state index contributed by atoms with van der Waals surface area (Å²) in [6.45, 7) is 0. The molecule has 0 spiro atoms. The second kappa shape index (κ2) is 6.44. The van der Waals surface area contributed by atoms with Gasteiger partial charge >= 0.3 is 11.9 Å². The van der Waals surface area contributed by atoms with E-state index in [0.717, 1.165) is 0 Å². The van der Waals surface area contributed by atoms with Crippen LogP contribution in [0.15, 0.2) is 29.2 Å². The van der Waals surface area contributed by atoms with E-state index in [1.54, 1.807) is 18.2 Å². The van der Waals surface area contributed by atoms with Gasteiger partial charge in [-0.1, -0.05) is 33.7 Å². The summed E-state index contributed by atoms with van der Waals surface area (Å²) in [5.41, 5.74) is 0.246. The summed E-state index contributed by atoms with van der Waals surface area (Å²) in [5.74, 6) is -1.37. The summed E-state index contributed by atoms with van der Waals surface area (Å²) >= 11 is 0. The molecule has 0 saturated heterocycles. The third kappa shape index (κ3) is 4.16. The number of benzene rings is 1. The monoisotopic (exact) mass is 258 g/mol. The van der Waals surface area contributed by atoms with E-state index in [1.165, 1.54) is 27.7 Å². The van der Waals surface area contributed by atoms with Gasteiger partial charge in [0.2, 0.25) is 0 Å². The molecule has 0 heterocycles. The maximum Gasteiger partial charge on any atom is 0.336 e. The van der Waals surface area contributed by atoms with Crippen molar-refractivity contribution < 1.29 is 19.8 Å². The predicted molar refractivity (Wildman–Crippen MR) is 64.0 cm³/mol. The number of aliphatic carboxylic acids is 1. The number of carboxylic acid groups (broad SMARTS) is 2. The van der Waals surface area contributed by atoms with Crippen molar-refractivity contribution in [2.75, 3.05) is 5.75 Å². The molecule has 1 aromatic carbocycles. The predicted octanol–water partition coefficient (Wildman–Crippen LogP) is 2.60. The Labute approximate surface area is 100 Å². The highest BCUT2D eigenvalue weighted by Gasteiger charge is 2.09. The molecule has 0 unspecified atom stereocenters. The summed E-state index contributed by atoms with van der Waals surface area (Å²) in [7, 11) is 2.63. The van der Waals surface area contributed by atoms with Crippen LogP contribution in [0.4, 0.5) is 0 Å². The van der Waals surface area contributed by atoms with Crippen LogP contribution in [0.5, 0.6) is 0 Å². The molecule has 4 nitrogen and oxygen atoms in total. The van der Waals surface area contributed by atoms with Crippen molar-refractivity contribution in [3.8, 4) is 0 Å². The maximum atomic E-state index is 10.8. The van der Waals surface area contributed by atoms with Gasteiger partial charge in [0.1, 0.15) is 0 Å². The van der Waals surface area contributed by atoms with E-state index in [0.29, 0.717) is 10.6 Å². The molecule has 0 fully saturated rings. The van der Waals surface area contributed by atoms with Crippen LogP contribution in [0.3, 0.4) is 0 Å². The summed E-state index contributed by atoms with van der Waals surface area (Å²) in [5, 5.41) is 17.3. The lowest BCUT2D eigenvalue weighted by atomic mass is 10.2. The van der Waals surface area contributed by atoms with E-state index < -0.39 is 11.9 Å². The molecular weight excluding hydrogens is 248 g/mol. The smallest absolute Gasteiger partial charge is 0.336 e. The van der Waals surface area contributed by atoms with Gasteiger partial charge in [-0.2, -0.15) is 0 Å². The van der Waals surface area contributed by atoms with Gasteiger partial charge in [0, 0.05) is 10.6 Å². The number of aromatic carboxylic acids is 1. The highest BCUT2D eigenvalue weighted by Crippen LogP contribution is 2.33. The maximum absolute atomic E-state index is 10.8. The molecule has 1 aromatic rings. The summed E-state index contributed by atoms with van der Waals surface area (Å²) in [4.78, 5) is 21.8. The van der Waals surface area contributed by atoms with Crippen LogP contribution in [-0.4, -0.2) is 27.9 Å². The second-order valence-electron chi connectivity index (χ2n) is 2.85. The molecule has 0 aliphatic carbocycles. The van der Waals surface area contributed by atoms with Gasteiger partial charge in [0.15, 0.2) is 0 Å². The highest BCUT2D eigenvalue weighted by atomic mass is 33.1. The van der Waals surface area contributed by atoms with E-state index in [1.807, 2.05) is 0 Å². The molecule has 0 aliphatic rings. The van der Waals surface area contributed by atoms with Crippen LogP contribution < -0.4 is 0 Å². The lowest BCUT2D eigenvalue weighted by Crippen LogP contribution is -1.98. The van der Waals surface area contributed by atoms with Crippen LogP contribution >= 0.6 is 21.6 Å². The summed E-state index contributed by atoms with van der Waals surface area (Å²) in [6.07, 6.45) is 0.0763. The number of carboxylic acids is 2. The third-order valence-corrected chi connectivity index (χ3v) is 4.08. The van der Waals surface area contributed by atoms with E-state index in [9.17, 15) is 9.59 Å². The van der Waals surface area contributed by atoms with Gasteiger partial charge in [-0.05, 0) is 12.1 Å². The van der Waals surface area contributed by atoms with Crippen LogP contribution in [-0.2, 0) is 4.79 Å². The standard InChI is InChI=1S/C10H10O4S2/c11-9(12)5-6-15-16-8-4-2-1-3-7(8)10(13)14/h1-4H,5-6H2,(H,11,12)(H,13,14). The molecule has 0 radical (unpaired) electrons. The Bertz CT molecular complexity index is 392. The third-order valence-electron chi connectivity index (χ3n) is 1.67. The largest absolute Gasteiger partial charge is 0.481 e. The van der Waals surface area contributed by atoms with Crippen molar-refractivity contribution in [3.05, 3.63) is 29.8 Å². The molecule has 0 amide bonds. The molecule has 86 valence electrons. The van der Waals surface area contributed by atoms with E-state index >= 15 is 0 Å². The molecular formula is C10H10O4S2. The van der Waals surface area contributed by atoms with Gasteiger partial charge < -0.3 is 10.2 Å². The molecule has 6 heteroatoms. The lowest BCUT2D eigenvalue weighted by molar-refractivity contribution is -0.136. The fourth-order valence-electron chi connectivity index (χ4n) is 0.950. The first-order valence-corrected chi connectivity index (χ1v) is 6.76. The van der Waals surface area contributed by atoms with Gasteiger partial charge in [-0.15, -0.1) is 0 Å². The Morgan fingerprint density at radius 2 is 1.88 bits per heavy atom. The van der Waals surface area contributed by atoms with Crippen molar-refractivity contribution in [1.82, 2.24) is 0 Å². The van der Waals surface area contributed by atoms with Gasteiger partial charge in [0.25, 0.3) is 0 Å². The Kier molecular flexibility index (Phi) is 5.21. The Morgan fingerprint density at radius 1 is 1.19 bits per heavy atom. The minimum atomic E-state index is -0.970. The number of carbonyl (C=O) groups is 2. The van der Waals surface area contributed by atoms with Gasteiger partial charge in [-0.3, -0.25) is 4.79 Å².